The van der Waals surface area contributed by atoms with Gasteiger partial charge in [-0.15, -0.1) is 0 Å². The van der Waals surface area contributed by atoms with Crippen LogP contribution in [-0.4, -0.2) is 38.7 Å². The van der Waals surface area contributed by atoms with Gasteiger partial charge in [-0.3, -0.25) is 0 Å². The van der Waals surface area contributed by atoms with Gasteiger partial charge in [-0.05, 0) is 26.1 Å². The molecular weight excluding hydrogens is 224 g/mol. The summed E-state index contributed by atoms with van der Waals surface area (Å²) in [6.45, 7) is 8.13. The van der Waals surface area contributed by atoms with Crippen LogP contribution in [0.2, 0.25) is 0 Å². The van der Waals surface area contributed by atoms with E-state index in [4.69, 9.17) is 4.74 Å². The molecule has 0 atom stereocenters. The number of hydrogen-bond donors (Lipinski definition) is 1. The number of ether oxygens (including phenoxy) is 1. The molecule has 0 unspecified atom stereocenters. The SMILES string of the molecule is CNCc1ccccc1OCCN(C)CC(C)C. The molecule has 1 N–H and O–H groups in total. The minimum atomic E-state index is 0.701. The first-order valence-electron chi connectivity index (χ1n) is 6.67. The van der Waals surface area contributed by atoms with E-state index in [1.165, 1.54) is 5.56 Å². The molecule has 0 radical (unpaired) electrons. The molecule has 0 aliphatic carbocycles. The Balaban J connectivity index is 2.39. The molecule has 0 heterocycles. The second-order valence-electron chi connectivity index (χ2n) is 5.14. The average Bonchev–Trinajstić information content (AvgIpc) is 2.30. The van der Waals surface area contributed by atoms with Crippen LogP contribution in [-0.2, 0) is 6.54 Å². The van der Waals surface area contributed by atoms with E-state index in [9.17, 15) is 0 Å². The lowest BCUT2D eigenvalue weighted by Gasteiger charge is -2.19. The minimum Gasteiger partial charge on any atom is -0.492 e. The van der Waals surface area contributed by atoms with Crippen molar-refractivity contribution in [2.45, 2.75) is 20.4 Å². The Hall–Kier alpha value is -1.06. The fourth-order valence-corrected chi connectivity index (χ4v) is 2.01. The van der Waals surface area contributed by atoms with Crippen LogP contribution in [0, 0.1) is 5.92 Å². The molecule has 0 amide bonds. The van der Waals surface area contributed by atoms with Gasteiger partial charge in [0.25, 0.3) is 0 Å². The molecule has 0 aromatic heterocycles. The summed E-state index contributed by atoms with van der Waals surface area (Å²) in [5.41, 5.74) is 1.21. The molecule has 0 aliphatic heterocycles. The smallest absolute Gasteiger partial charge is 0.123 e. The van der Waals surface area contributed by atoms with Crippen molar-refractivity contribution in [3.63, 3.8) is 0 Å². The van der Waals surface area contributed by atoms with E-state index in [1.54, 1.807) is 0 Å². The third-order valence-electron chi connectivity index (χ3n) is 2.75. The summed E-state index contributed by atoms with van der Waals surface area (Å²) >= 11 is 0. The van der Waals surface area contributed by atoms with Crippen LogP contribution in [0.15, 0.2) is 24.3 Å². The summed E-state index contributed by atoms with van der Waals surface area (Å²) in [5.74, 6) is 1.69. The van der Waals surface area contributed by atoms with Crippen molar-refractivity contribution in [1.82, 2.24) is 10.2 Å². The summed E-state index contributed by atoms with van der Waals surface area (Å²) < 4.78 is 5.86. The Kier molecular flexibility index (Phi) is 6.76. The van der Waals surface area contributed by atoms with Crippen LogP contribution in [0.25, 0.3) is 0 Å². The summed E-state index contributed by atoms with van der Waals surface area (Å²) in [5, 5.41) is 3.16. The van der Waals surface area contributed by atoms with E-state index >= 15 is 0 Å². The highest BCUT2D eigenvalue weighted by Crippen LogP contribution is 2.17. The first-order chi connectivity index (χ1) is 8.63. The fraction of sp³-hybridized carbons (Fsp3) is 0.600. The second-order valence-corrected chi connectivity index (χ2v) is 5.14. The van der Waals surface area contributed by atoms with Gasteiger partial charge in [0.2, 0.25) is 0 Å². The molecule has 1 rings (SSSR count). The van der Waals surface area contributed by atoms with Crippen LogP contribution in [0.3, 0.4) is 0 Å². The van der Waals surface area contributed by atoms with Crippen LogP contribution >= 0.6 is 0 Å². The van der Waals surface area contributed by atoms with Crippen LogP contribution < -0.4 is 10.1 Å². The van der Waals surface area contributed by atoms with E-state index < -0.39 is 0 Å². The van der Waals surface area contributed by atoms with Crippen LogP contribution in [0.5, 0.6) is 5.75 Å². The first kappa shape index (κ1) is 15.0. The zero-order chi connectivity index (χ0) is 13.4. The highest BCUT2D eigenvalue weighted by molar-refractivity contribution is 5.33. The summed E-state index contributed by atoms with van der Waals surface area (Å²) in [4.78, 5) is 2.31. The molecule has 1 aromatic carbocycles. The summed E-state index contributed by atoms with van der Waals surface area (Å²) in [6.07, 6.45) is 0. The van der Waals surface area contributed by atoms with Gasteiger partial charge < -0.3 is 15.0 Å². The van der Waals surface area contributed by atoms with Crippen LogP contribution in [0.1, 0.15) is 19.4 Å². The van der Waals surface area contributed by atoms with Crippen LogP contribution in [0.4, 0.5) is 0 Å². The Morgan fingerprint density at radius 3 is 2.67 bits per heavy atom. The van der Waals surface area contributed by atoms with Crippen molar-refractivity contribution in [3.05, 3.63) is 29.8 Å². The monoisotopic (exact) mass is 250 g/mol. The molecule has 1 aromatic rings. The predicted octanol–water partition coefficient (Wildman–Crippen LogP) is 2.37. The summed E-state index contributed by atoms with van der Waals surface area (Å²) in [7, 11) is 4.09. The van der Waals surface area contributed by atoms with Gasteiger partial charge in [-0.25, -0.2) is 0 Å². The number of benzene rings is 1. The zero-order valence-electron chi connectivity index (χ0n) is 12.1. The lowest BCUT2D eigenvalue weighted by atomic mass is 10.2. The quantitative estimate of drug-likeness (QED) is 0.766. The maximum Gasteiger partial charge on any atom is 0.123 e. The number of rotatable bonds is 8. The third-order valence-corrected chi connectivity index (χ3v) is 2.75. The van der Waals surface area contributed by atoms with E-state index in [0.717, 1.165) is 32.0 Å². The van der Waals surface area contributed by atoms with Crippen molar-refractivity contribution in [2.75, 3.05) is 33.8 Å². The maximum atomic E-state index is 5.86. The van der Waals surface area contributed by atoms with E-state index in [-0.39, 0.29) is 0 Å². The Labute approximate surface area is 111 Å². The number of likely N-dealkylation sites (N-methyl/N-ethyl adjacent to an activating group) is 1. The van der Waals surface area contributed by atoms with E-state index in [2.05, 4.69) is 37.2 Å². The maximum absolute atomic E-state index is 5.86. The Morgan fingerprint density at radius 2 is 2.00 bits per heavy atom. The molecule has 0 aliphatic rings. The van der Waals surface area contributed by atoms with Crippen molar-refractivity contribution >= 4 is 0 Å². The molecule has 18 heavy (non-hydrogen) atoms. The van der Waals surface area contributed by atoms with Crippen molar-refractivity contribution in [2.24, 2.45) is 5.92 Å². The molecule has 0 saturated heterocycles. The normalized spacial score (nSPS) is 11.2. The van der Waals surface area contributed by atoms with Gasteiger partial charge in [0.05, 0.1) is 0 Å². The van der Waals surface area contributed by atoms with Gasteiger partial charge in [0.1, 0.15) is 12.4 Å². The second kappa shape index (κ2) is 8.11. The van der Waals surface area contributed by atoms with Crippen molar-refractivity contribution < 1.29 is 4.74 Å². The number of para-hydroxylation sites is 1. The van der Waals surface area contributed by atoms with Gasteiger partial charge >= 0.3 is 0 Å². The molecule has 0 fully saturated rings. The Morgan fingerprint density at radius 1 is 1.28 bits per heavy atom. The molecule has 0 saturated carbocycles. The highest BCUT2D eigenvalue weighted by atomic mass is 16.5. The number of hydrogen-bond acceptors (Lipinski definition) is 3. The number of nitrogens with zero attached hydrogens (tertiary/aromatic N) is 1. The van der Waals surface area contributed by atoms with Gasteiger partial charge in [-0.1, -0.05) is 32.0 Å². The van der Waals surface area contributed by atoms with Crippen molar-refractivity contribution in [1.29, 1.82) is 0 Å². The highest BCUT2D eigenvalue weighted by Gasteiger charge is 2.04. The third kappa shape index (κ3) is 5.52. The lowest BCUT2D eigenvalue weighted by molar-refractivity contribution is 0.221. The van der Waals surface area contributed by atoms with Gasteiger partial charge in [0, 0.05) is 25.2 Å². The Bertz CT molecular complexity index is 339. The summed E-state index contributed by atoms with van der Waals surface area (Å²) in [6, 6.07) is 8.20. The molecule has 0 bridgehead atoms. The standard InChI is InChI=1S/C15H26N2O/c1-13(2)12-17(4)9-10-18-15-8-6-5-7-14(15)11-16-3/h5-8,13,16H,9-12H2,1-4H3. The minimum absolute atomic E-state index is 0.701. The van der Waals surface area contributed by atoms with E-state index in [1.807, 2.05) is 25.2 Å². The zero-order valence-corrected chi connectivity index (χ0v) is 12.1. The average molecular weight is 250 g/mol. The lowest BCUT2D eigenvalue weighted by Crippen LogP contribution is -2.28. The number of nitrogens with one attached hydrogen (secondary N) is 1. The van der Waals surface area contributed by atoms with E-state index in [0.29, 0.717) is 5.92 Å². The van der Waals surface area contributed by atoms with Gasteiger partial charge in [-0.2, -0.15) is 0 Å². The first-order valence-corrected chi connectivity index (χ1v) is 6.67. The van der Waals surface area contributed by atoms with Gasteiger partial charge in [0.15, 0.2) is 0 Å². The van der Waals surface area contributed by atoms with Crippen molar-refractivity contribution in [3.8, 4) is 5.75 Å². The fourth-order valence-electron chi connectivity index (χ4n) is 2.01. The molecule has 102 valence electrons. The molecule has 3 heteroatoms. The molecule has 3 nitrogen and oxygen atoms in total. The predicted molar refractivity (Wildman–Crippen MR) is 77.0 cm³/mol. The topological polar surface area (TPSA) is 24.5 Å². The largest absolute Gasteiger partial charge is 0.492 e. The molecular formula is C15H26N2O. The molecule has 0 spiro atoms.